The van der Waals surface area contributed by atoms with Crippen molar-refractivity contribution in [1.29, 1.82) is 0 Å². The number of thioether (sulfide) groups is 1. The molecule has 0 spiro atoms. The van der Waals surface area contributed by atoms with Crippen molar-refractivity contribution in [3.05, 3.63) is 0 Å². The SMILES string of the molecule is COCCCSc1nnc(N)n1C. The van der Waals surface area contributed by atoms with Gasteiger partial charge >= 0.3 is 0 Å². The fourth-order valence-corrected chi connectivity index (χ4v) is 1.65. The van der Waals surface area contributed by atoms with E-state index < -0.39 is 0 Å². The van der Waals surface area contributed by atoms with Crippen LogP contribution in [0.4, 0.5) is 5.95 Å². The Morgan fingerprint density at radius 1 is 1.54 bits per heavy atom. The van der Waals surface area contributed by atoms with Crippen molar-refractivity contribution in [2.75, 3.05) is 25.2 Å². The highest BCUT2D eigenvalue weighted by atomic mass is 32.2. The molecule has 2 N–H and O–H groups in total. The number of aromatic nitrogens is 3. The zero-order chi connectivity index (χ0) is 9.68. The number of hydrogen-bond donors (Lipinski definition) is 1. The van der Waals surface area contributed by atoms with Crippen LogP contribution in [0.25, 0.3) is 0 Å². The third-order valence-electron chi connectivity index (χ3n) is 1.59. The van der Waals surface area contributed by atoms with Gasteiger partial charge in [0.15, 0.2) is 5.16 Å². The van der Waals surface area contributed by atoms with Crippen LogP contribution in [-0.4, -0.2) is 34.2 Å². The molecule has 5 nitrogen and oxygen atoms in total. The van der Waals surface area contributed by atoms with E-state index in [4.69, 9.17) is 10.5 Å². The first kappa shape index (κ1) is 10.3. The number of ether oxygens (including phenoxy) is 1. The first-order valence-electron chi connectivity index (χ1n) is 4.02. The average Bonchev–Trinajstić information content (AvgIpc) is 2.43. The lowest BCUT2D eigenvalue weighted by molar-refractivity contribution is 0.200. The maximum atomic E-state index is 5.52. The first-order valence-corrected chi connectivity index (χ1v) is 5.01. The van der Waals surface area contributed by atoms with E-state index in [1.807, 2.05) is 7.05 Å². The van der Waals surface area contributed by atoms with Crippen molar-refractivity contribution in [3.63, 3.8) is 0 Å². The second-order valence-electron chi connectivity index (χ2n) is 2.59. The maximum absolute atomic E-state index is 5.52. The number of nitrogen functional groups attached to an aromatic ring is 1. The topological polar surface area (TPSA) is 66.0 Å². The summed E-state index contributed by atoms with van der Waals surface area (Å²) >= 11 is 1.64. The van der Waals surface area contributed by atoms with Crippen LogP contribution in [-0.2, 0) is 11.8 Å². The van der Waals surface area contributed by atoms with Crippen LogP contribution >= 0.6 is 11.8 Å². The average molecular weight is 202 g/mol. The molecular formula is C7H14N4OS. The molecule has 1 aromatic heterocycles. The van der Waals surface area contributed by atoms with Gasteiger partial charge in [0.2, 0.25) is 5.95 Å². The lowest BCUT2D eigenvalue weighted by Gasteiger charge is -2.00. The monoisotopic (exact) mass is 202 g/mol. The third kappa shape index (κ3) is 2.89. The molecule has 0 amide bonds. The molecule has 74 valence electrons. The molecule has 0 bridgehead atoms. The lowest BCUT2D eigenvalue weighted by atomic mass is 10.5. The highest BCUT2D eigenvalue weighted by Gasteiger charge is 2.04. The van der Waals surface area contributed by atoms with Gasteiger partial charge in [-0.1, -0.05) is 11.8 Å². The number of hydrogen-bond acceptors (Lipinski definition) is 5. The molecule has 0 aliphatic rings. The van der Waals surface area contributed by atoms with Crippen LogP contribution in [0.5, 0.6) is 0 Å². The van der Waals surface area contributed by atoms with Gasteiger partial charge in [-0.3, -0.25) is 4.57 Å². The largest absolute Gasteiger partial charge is 0.385 e. The quantitative estimate of drug-likeness (QED) is 0.557. The molecule has 13 heavy (non-hydrogen) atoms. The molecule has 0 aliphatic heterocycles. The highest BCUT2D eigenvalue weighted by Crippen LogP contribution is 2.16. The molecule has 0 fully saturated rings. The van der Waals surface area contributed by atoms with Crippen molar-refractivity contribution in [2.45, 2.75) is 11.6 Å². The minimum atomic E-state index is 0.453. The smallest absolute Gasteiger partial charge is 0.222 e. The van der Waals surface area contributed by atoms with Gasteiger partial charge in [0.1, 0.15) is 0 Å². The standard InChI is InChI=1S/C7H14N4OS/c1-11-6(8)9-10-7(11)13-5-3-4-12-2/h3-5H2,1-2H3,(H2,8,9). The van der Waals surface area contributed by atoms with E-state index in [2.05, 4.69) is 10.2 Å². The number of nitrogens with two attached hydrogens (primary N) is 1. The molecule has 0 saturated heterocycles. The van der Waals surface area contributed by atoms with Crippen LogP contribution in [0.3, 0.4) is 0 Å². The van der Waals surface area contributed by atoms with Gasteiger partial charge in [-0.25, -0.2) is 0 Å². The molecule has 0 aromatic carbocycles. The van der Waals surface area contributed by atoms with Gasteiger partial charge in [0.25, 0.3) is 0 Å². The van der Waals surface area contributed by atoms with Gasteiger partial charge in [0.05, 0.1) is 0 Å². The molecule has 6 heteroatoms. The van der Waals surface area contributed by atoms with E-state index in [1.165, 1.54) is 0 Å². The molecule has 1 heterocycles. The normalized spacial score (nSPS) is 10.6. The van der Waals surface area contributed by atoms with E-state index in [0.717, 1.165) is 23.9 Å². The molecule has 1 rings (SSSR count). The van der Waals surface area contributed by atoms with E-state index in [9.17, 15) is 0 Å². The Morgan fingerprint density at radius 3 is 2.85 bits per heavy atom. The predicted octanol–water partition coefficient (Wildman–Crippen LogP) is 0.526. The first-order chi connectivity index (χ1) is 6.25. The zero-order valence-corrected chi connectivity index (χ0v) is 8.67. The Kier molecular flexibility index (Phi) is 4.04. The third-order valence-corrected chi connectivity index (χ3v) is 2.70. The highest BCUT2D eigenvalue weighted by molar-refractivity contribution is 7.99. The van der Waals surface area contributed by atoms with Crippen LogP contribution in [0.1, 0.15) is 6.42 Å². The van der Waals surface area contributed by atoms with Gasteiger partial charge in [-0.05, 0) is 6.42 Å². The fraction of sp³-hybridized carbons (Fsp3) is 0.714. The molecule has 1 aromatic rings. The summed E-state index contributed by atoms with van der Waals surface area (Å²) in [5.74, 6) is 1.43. The number of anilines is 1. The summed E-state index contributed by atoms with van der Waals surface area (Å²) in [6.45, 7) is 0.778. The molecular weight excluding hydrogens is 188 g/mol. The second-order valence-corrected chi connectivity index (χ2v) is 3.66. The second kappa shape index (κ2) is 5.08. The Morgan fingerprint density at radius 2 is 2.31 bits per heavy atom. The van der Waals surface area contributed by atoms with Crippen molar-refractivity contribution < 1.29 is 4.74 Å². The molecule has 0 unspecified atom stereocenters. The van der Waals surface area contributed by atoms with Gasteiger partial charge in [-0.15, -0.1) is 10.2 Å². The van der Waals surface area contributed by atoms with E-state index in [0.29, 0.717) is 5.95 Å². The summed E-state index contributed by atoms with van der Waals surface area (Å²) in [5.41, 5.74) is 5.52. The molecule has 0 saturated carbocycles. The number of rotatable bonds is 5. The van der Waals surface area contributed by atoms with E-state index in [-0.39, 0.29) is 0 Å². The Hall–Kier alpha value is -0.750. The number of methoxy groups -OCH3 is 1. The Bertz CT molecular complexity index is 263. The summed E-state index contributed by atoms with van der Waals surface area (Å²) in [6, 6.07) is 0. The van der Waals surface area contributed by atoms with Crippen molar-refractivity contribution >= 4 is 17.7 Å². The molecule has 0 aliphatic carbocycles. The molecule has 0 atom stereocenters. The summed E-state index contributed by atoms with van der Waals surface area (Å²) < 4.78 is 6.71. The van der Waals surface area contributed by atoms with Crippen LogP contribution in [0.15, 0.2) is 5.16 Å². The maximum Gasteiger partial charge on any atom is 0.222 e. The van der Waals surface area contributed by atoms with Crippen molar-refractivity contribution in [1.82, 2.24) is 14.8 Å². The van der Waals surface area contributed by atoms with Crippen molar-refractivity contribution in [2.24, 2.45) is 7.05 Å². The lowest BCUT2D eigenvalue weighted by Crippen LogP contribution is -1.98. The van der Waals surface area contributed by atoms with Gasteiger partial charge < -0.3 is 10.5 Å². The predicted molar refractivity (Wildman–Crippen MR) is 52.6 cm³/mol. The van der Waals surface area contributed by atoms with E-state index in [1.54, 1.807) is 23.4 Å². The van der Waals surface area contributed by atoms with Crippen LogP contribution < -0.4 is 5.73 Å². The summed E-state index contributed by atoms with van der Waals surface area (Å²) in [5, 5.41) is 8.53. The number of nitrogens with zero attached hydrogens (tertiary/aromatic N) is 3. The van der Waals surface area contributed by atoms with Crippen molar-refractivity contribution in [3.8, 4) is 0 Å². The Labute approximate surface area is 81.7 Å². The van der Waals surface area contributed by atoms with Crippen LogP contribution in [0.2, 0.25) is 0 Å². The zero-order valence-electron chi connectivity index (χ0n) is 7.86. The Balaban J connectivity index is 2.32. The van der Waals surface area contributed by atoms with E-state index >= 15 is 0 Å². The van der Waals surface area contributed by atoms with Gasteiger partial charge in [-0.2, -0.15) is 0 Å². The van der Waals surface area contributed by atoms with Gasteiger partial charge in [0, 0.05) is 26.5 Å². The summed E-state index contributed by atoms with van der Waals surface area (Å²) in [7, 11) is 3.55. The minimum absolute atomic E-state index is 0.453. The minimum Gasteiger partial charge on any atom is -0.385 e. The van der Waals surface area contributed by atoms with Crippen LogP contribution in [0, 0.1) is 0 Å². The molecule has 0 radical (unpaired) electrons. The summed E-state index contributed by atoms with van der Waals surface area (Å²) in [6.07, 6.45) is 1.01. The fourth-order valence-electron chi connectivity index (χ4n) is 0.819. The summed E-state index contributed by atoms with van der Waals surface area (Å²) in [4.78, 5) is 0.